The molecule has 0 fully saturated rings. The number of rotatable bonds is 6. The van der Waals surface area contributed by atoms with E-state index in [0.717, 1.165) is 16.0 Å². The average molecular weight is 350 g/mol. The number of benzene rings is 1. The number of hydrogen-bond acceptors (Lipinski definition) is 4. The van der Waals surface area contributed by atoms with Crippen molar-refractivity contribution in [3.63, 3.8) is 0 Å². The highest BCUT2D eigenvalue weighted by atomic mass is 32.1. The second-order valence-corrected chi connectivity index (χ2v) is 7.45. The second-order valence-electron chi connectivity index (χ2n) is 6.44. The molecule has 0 aliphatic heterocycles. The summed E-state index contributed by atoms with van der Waals surface area (Å²) in [5.41, 5.74) is 0.473. The molecule has 2 aromatic rings. The summed E-state index contributed by atoms with van der Waals surface area (Å²) in [5, 5.41) is 0. The SMILES string of the molecule is CCOCCn1c(=NC(=O)C(C)(C)C)sc2cccc(OCC)c21. The lowest BCUT2D eigenvalue weighted by atomic mass is 9.96. The Morgan fingerprint density at radius 2 is 2.00 bits per heavy atom. The van der Waals surface area contributed by atoms with E-state index in [1.165, 1.54) is 11.3 Å². The van der Waals surface area contributed by atoms with Crippen molar-refractivity contribution in [2.45, 2.75) is 41.2 Å². The maximum atomic E-state index is 12.4. The van der Waals surface area contributed by atoms with E-state index < -0.39 is 5.41 Å². The van der Waals surface area contributed by atoms with Crippen LogP contribution in [-0.2, 0) is 16.1 Å². The van der Waals surface area contributed by atoms with Crippen LogP contribution in [0.3, 0.4) is 0 Å². The van der Waals surface area contributed by atoms with Crippen LogP contribution in [-0.4, -0.2) is 30.3 Å². The minimum Gasteiger partial charge on any atom is -0.492 e. The van der Waals surface area contributed by atoms with Crippen molar-refractivity contribution < 1.29 is 14.3 Å². The van der Waals surface area contributed by atoms with Gasteiger partial charge < -0.3 is 14.0 Å². The lowest BCUT2D eigenvalue weighted by molar-refractivity contribution is -0.125. The number of fused-ring (bicyclic) bond motifs is 1. The van der Waals surface area contributed by atoms with Crippen LogP contribution < -0.4 is 9.54 Å². The summed E-state index contributed by atoms with van der Waals surface area (Å²) in [6.07, 6.45) is 0. The molecule has 6 heteroatoms. The normalized spacial score (nSPS) is 12.8. The largest absolute Gasteiger partial charge is 0.492 e. The van der Waals surface area contributed by atoms with Gasteiger partial charge in [0.15, 0.2) is 4.80 Å². The van der Waals surface area contributed by atoms with E-state index in [1.807, 2.05) is 57.4 Å². The molecule has 132 valence electrons. The molecule has 1 aromatic heterocycles. The zero-order chi connectivity index (χ0) is 17.7. The highest BCUT2D eigenvalue weighted by Crippen LogP contribution is 2.28. The fourth-order valence-corrected chi connectivity index (χ4v) is 3.29. The van der Waals surface area contributed by atoms with E-state index in [1.54, 1.807) is 0 Å². The van der Waals surface area contributed by atoms with E-state index in [0.29, 0.717) is 31.2 Å². The van der Waals surface area contributed by atoms with Gasteiger partial charge in [0.05, 0.1) is 17.9 Å². The fraction of sp³-hybridized carbons (Fsp3) is 0.556. The van der Waals surface area contributed by atoms with Crippen LogP contribution in [0.25, 0.3) is 10.2 Å². The smallest absolute Gasteiger partial charge is 0.253 e. The van der Waals surface area contributed by atoms with Crippen molar-refractivity contribution in [3.8, 4) is 5.75 Å². The van der Waals surface area contributed by atoms with Crippen LogP contribution in [0.4, 0.5) is 0 Å². The number of carbonyl (C=O) groups is 1. The lowest BCUT2D eigenvalue weighted by Gasteiger charge is -2.12. The summed E-state index contributed by atoms with van der Waals surface area (Å²) in [7, 11) is 0. The van der Waals surface area contributed by atoms with Crippen LogP contribution in [0.1, 0.15) is 34.6 Å². The summed E-state index contributed by atoms with van der Waals surface area (Å²) >= 11 is 1.51. The quantitative estimate of drug-likeness (QED) is 0.748. The molecule has 0 saturated heterocycles. The van der Waals surface area contributed by atoms with Gasteiger partial charge in [0.25, 0.3) is 5.91 Å². The molecule has 0 aliphatic carbocycles. The highest BCUT2D eigenvalue weighted by Gasteiger charge is 2.21. The third kappa shape index (κ3) is 4.24. The van der Waals surface area contributed by atoms with Crippen molar-refractivity contribution in [1.29, 1.82) is 0 Å². The topological polar surface area (TPSA) is 52.8 Å². The number of hydrogen-bond donors (Lipinski definition) is 0. The number of para-hydroxylation sites is 1. The monoisotopic (exact) mass is 350 g/mol. The number of carbonyl (C=O) groups excluding carboxylic acids is 1. The van der Waals surface area contributed by atoms with Gasteiger partial charge in [-0.1, -0.05) is 38.2 Å². The molecule has 24 heavy (non-hydrogen) atoms. The summed E-state index contributed by atoms with van der Waals surface area (Å²) in [6.45, 7) is 12.0. The maximum Gasteiger partial charge on any atom is 0.253 e. The van der Waals surface area contributed by atoms with Crippen LogP contribution in [0, 0.1) is 5.41 Å². The Hall–Kier alpha value is -1.66. The molecule has 1 aromatic carbocycles. The Kier molecular flexibility index (Phi) is 6.18. The first-order valence-corrected chi connectivity index (χ1v) is 9.12. The third-order valence-corrected chi connectivity index (χ3v) is 4.51. The van der Waals surface area contributed by atoms with E-state index in [2.05, 4.69) is 4.99 Å². The van der Waals surface area contributed by atoms with Gasteiger partial charge in [0.2, 0.25) is 0 Å². The Morgan fingerprint density at radius 1 is 1.25 bits per heavy atom. The molecule has 1 amide bonds. The molecule has 0 radical (unpaired) electrons. The maximum absolute atomic E-state index is 12.4. The van der Waals surface area contributed by atoms with Gasteiger partial charge in [-0.3, -0.25) is 4.79 Å². The average Bonchev–Trinajstić information content (AvgIpc) is 2.85. The van der Waals surface area contributed by atoms with Gasteiger partial charge in [-0.25, -0.2) is 0 Å². The number of amides is 1. The zero-order valence-corrected chi connectivity index (χ0v) is 15.9. The first kappa shape index (κ1) is 18.7. The zero-order valence-electron chi connectivity index (χ0n) is 15.1. The summed E-state index contributed by atoms with van der Waals surface area (Å²) in [5.74, 6) is 0.685. The van der Waals surface area contributed by atoms with E-state index in [-0.39, 0.29) is 5.91 Å². The van der Waals surface area contributed by atoms with Gasteiger partial charge in [0, 0.05) is 18.6 Å². The fourth-order valence-electron chi connectivity index (χ4n) is 2.22. The molecule has 0 N–H and O–H groups in total. The predicted octanol–water partition coefficient (Wildman–Crippen LogP) is 3.61. The predicted molar refractivity (Wildman–Crippen MR) is 97.5 cm³/mol. The van der Waals surface area contributed by atoms with Crippen molar-refractivity contribution in [2.24, 2.45) is 10.4 Å². The summed E-state index contributed by atoms with van der Waals surface area (Å²) in [6, 6.07) is 5.94. The Morgan fingerprint density at radius 3 is 2.62 bits per heavy atom. The van der Waals surface area contributed by atoms with E-state index in [9.17, 15) is 4.79 Å². The van der Waals surface area contributed by atoms with Crippen molar-refractivity contribution in [1.82, 2.24) is 4.57 Å². The number of nitrogens with zero attached hydrogens (tertiary/aromatic N) is 2. The minimum absolute atomic E-state index is 0.128. The minimum atomic E-state index is -0.503. The van der Waals surface area contributed by atoms with Crippen LogP contribution >= 0.6 is 11.3 Å². The third-order valence-electron chi connectivity index (χ3n) is 3.47. The first-order valence-electron chi connectivity index (χ1n) is 8.30. The van der Waals surface area contributed by atoms with Crippen LogP contribution in [0.5, 0.6) is 5.75 Å². The molecule has 0 saturated carbocycles. The van der Waals surface area contributed by atoms with E-state index >= 15 is 0 Å². The van der Waals surface area contributed by atoms with Gasteiger partial charge in [-0.15, -0.1) is 0 Å². The van der Waals surface area contributed by atoms with Crippen molar-refractivity contribution >= 4 is 27.5 Å². The Bertz CT molecular complexity index is 769. The molecule has 2 rings (SSSR count). The molecular formula is C18H26N2O3S. The van der Waals surface area contributed by atoms with Gasteiger partial charge in [-0.2, -0.15) is 4.99 Å². The van der Waals surface area contributed by atoms with Crippen LogP contribution in [0.2, 0.25) is 0 Å². The summed E-state index contributed by atoms with van der Waals surface area (Å²) in [4.78, 5) is 17.4. The molecule has 0 atom stereocenters. The van der Waals surface area contributed by atoms with Crippen molar-refractivity contribution in [3.05, 3.63) is 23.0 Å². The van der Waals surface area contributed by atoms with Crippen molar-refractivity contribution in [2.75, 3.05) is 19.8 Å². The second kappa shape index (κ2) is 7.94. The van der Waals surface area contributed by atoms with E-state index in [4.69, 9.17) is 9.47 Å². The standard InChI is InChI=1S/C18H26N2O3S/c1-6-22-12-11-20-15-13(23-7-2)9-8-10-14(15)24-17(20)19-16(21)18(3,4)5/h8-10H,6-7,11-12H2,1-5H3. The first-order chi connectivity index (χ1) is 11.4. The highest BCUT2D eigenvalue weighted by molar-refractivity contribution is 7.16. The Balaban J connectivity index is 2.61. The lowest BCUT2D eigenvalue weighted by Crippen LogP contribution is -2.24. The molecule has 0 bridgehead atoms. The molecule has 0 aliphatic rings. The van der Waals surface area contributed by atoms with Crippen LogP contribution in [0.15, 0.2) is 23.2 Å². The van der Waals surface area contributed by atoms with Gasteiger partial charge >= 0.3 is 0 Å². The molecular weight excluding hydrogens is 324 g/mol. The number of aromatic nitrogens is 1. The van der Waals surface area contributed by atoms with Gasteiger partial charge in [-0.05, 0) is 26.0 Å². The molecule has 0 unspecified atom stereocenters. The summed E-state index contributed by atoms with van der Waals surface area (Å²) < 4.78 is 14.4. The number of thiazole rings is 1. The Labute approximate surface area is 146 Å². The molecule has 0 spiro atoms. The number of ether oxygens (including phenoxy) is 2. The van der Waals surface area contributed by atoms with Gasteiger partial charge in [0.1, 0.15) is 11.3 Å². The molecule has 5 nitrogen and oxygen atoms in total. The molecule has 1 heterocycles.